The Kier molecular flexibility index (Phi) is 7.09. The van der Waals surface area contributed by atoms with E-state index in [4.69, 9.17) is 9.47 Å². The van der Waals surface area contributed by atoms with Crippen molar-refractivity contribution in [3.8, 4) is 5.88 Å². The lowest BCUT2D eigenvalue weighted by Crippen LogP contribution is -2.57. The molecule has 0 spiro atoms. The van der Waals surface area contributed by atoms with E-state index in [-0.39, 0.29) is 17.9 Å². The highest BCUT2D eigenvalue weighted by Crippen LogP contribution is 2.46. The van der Waals surface area contributed by atoms with Crippen molar-refractivity contribution < 1.29 is 24.2 Å². The third-order valence-electron chi connectivity index (χ3n) is 5.58. The van der Waals surface area contributed by atoms with Crippen LogP contribution in [-0.4, -0.2) is 53.3 Å². The summed E-state index contributed by atoms with van der Waals surface area (Å²) in [4.78, 5) is 29.8. The molecular weight excluding hydrogens is 478 g/mol. The number of nitrogens with one attached hydrogen (secondary N) is 1. The van der Waals surface area contributed by atoms with Gasteiger partial charge in [0.05, 0.1) is 31.0 Å². The minimum absolute atomic E-state index is 0.224. The van der Waals surface area contributed by atoms with Gasteiger partial charge in [-0.2, -0.15) is 0 Å². The van der Waals surface area contributed by atoms with E-state index in [1.807, 2.05) is 39.8 Å². The van der Waals surface area contributed by atoms with Crippen molar-refractivity contribution in [3.05, 3.63) is 52.1 Å². The van der Waals surface area contributed by atoms with Crippen LogP contribution in [0.5, 0.6) is 5.88 Å². The number of benzene rings is 1. The fourth-order valence-electron chi connectivity index (χ4n) is 3.76. The van der Waals surface area contributed by atoms with E-state index < -0.39 is 11.7 Å². The number of aromatic nitrogens is 1. The molecule has 3 rings (SSSR count). The van der Waals surface area contributed by atoms with E-state index in [1.165, 1.54) is 11.1 Å². The van der Waals surface area contributed by atoms with Gasteiger partial charge < -0.3 is 24.8 Å². The summed E-state index contributed by atoms with van der Waals surface area (Å²) in [6.45, 7) is 9.32. The number of halogens is 1. The first-order chi connectivity index (χ1) is 15.1. The molecule has 1 fully saturated rings. The molecule has 1 aliphatic rings. The minimum atomic E-state index is -0.964. The summed E-state index contributed by atoms with van der Waals surface area (Å²) in [6.07, 6.45) is 0.502. The van der Waals surface area contributed by atoms with Gasteiger partial charge in [-0.05, 0) is 52.0 Å². The fraction of sp³-hybridized carbons (Fsp3) is 0.435. The molecule has 0 bridgehead atoms. The second kappa shape index (κ2) is 9.46. The van der Waals surface area contributed by atoms with Crippen LogP contribution < -0.4 is 10.1 Å². The van der Waals surface area contributed by atoms with E-state index in [2.05, 4.69) is 26.2 Å². The van der Waals surface area contributed by atoms with Crippen molar-refractivity contribution in [2.24, 2.45) is 5.41 Å². The van der Waals surface area contributed by atoms with Crippen LogP contribution in [0.2, 0.25) is 0 Å². The lowest BCUT2D eigenvalue weighted by Gasteiger charge is -2.50. The Balaban J connectivity index is 1.85. The van der Waals surface area contributed by atoms with Gasteiger partial charge in [-0.1, -0.05) is 26.8 Å². The smallest absolute Gasteiger partial charge is 0.407 e. The first-order valence-corrected chi connectivity index (χ1v) is 11.2. The number of ether oxygens (including phenoxy) is 2. The summed E-state index contributed by atoms with van der Waals surface area (Å²) in [7, 11) is 0. The van der Waals surface area contributed by atoms with Crippen molar-refractivity contribution >= 4 is 33.6 Å². The maximum absolute atomic E-state index is 12.7. The van der Waals surface area contributed by atoms with Gasteiger partial charge in [0.2, 0.25) is 5.88 Å². The Hall–Kier alpha value is -2.65. The SMILES string of the molecule is CCOc1ccc(C(=O)Nc2ccc(C3(C(C)(C)C)CN(C(=O)O)CCO3)cc2Br)cn1. The molecule has 2 heterocycles. The number of rotatable bonds is 5. The average molecular weight is 506 g/mol. The number of carbonyl (C=O) groups excluding carboxylic acids is 1. The highest BCUT2D eigenvalue weighted by atomic mass is 79.9. The normalized spacial score (nSPS) is 18.8. The number of pyridine rings is 1. The van der Waals surface area contributed by atoms with E-state index >= 15 is 0 Å². The van der Waals surface area contributed by atoms with Crippen molar-refractivity contribution in [2.45, 2.75) is 33.3 Å². The Morgan fingerprint density at radius 1 is 1.31 bits per heavy atom. The largest absolute Gasteiger partial charge is 0.478 e. The Morgan fingerprint density at radius 2 is 2.06 bits per heavy atom. The van der Waals surface area contributed by atoms with Crippen LogP contribution in [0.15, 0.2) is 41.0 Å². The van der Waals surface area contributed by atoms with Gasteiger partial charge in [0, 0.05) is 23.3 Å². The van der Waals surface area contributed by atoms with Crippen molar-refractivity contribution in [2.75, 3.05) is 31.6 Å². The summed E-state index contributed by atoms with van der Waals surface area (Å²) in [5.74, 6) is 0.162. The van der Waals surface area contributed by atoms with Gasteiger partial charge in [-0.3, -0.25) is 4.79 Å². The van der Waals surface area contributed by atoms with Gasteiger partial charge in [-0.25, -0.2) is 9.78 Å². The maximum atomic E-state index is 12.7. The van der Waals surface area contributed by atoms with Crippen LogP contribution in [0.3, 0.4) is 0 Å². The molecule has 0 aliphatic carbocycles. The quantitative estimate of drug-likeness (QED) is 0.607. The number of morpholine rings is 1. The molecule has 8 nitrogen and oxygen atoms in total. The number of anilines is 1. The zero-order valence-corrected chi connectivity index (χ0v) is 20.2. The Morgan fingerprint density at radius 3 is 2.62 bits per heavy atom. The van der Waals surface area contributed by atoms with E-state index in [0.717, 1.165) is 5.56 Å². The lowest BCUT2D eigenvalue weighted by molar-refractivity contribution is -0.166. The van der Waals surface area contributed by atoms with Crippen LogP contribution in [0.25, 0.3) is 0 Å². The minimum Gasteiger partial charge on any atom is -0.478 e. The monoisotopic (exact) mass is 505 g/mol. The first-order valence-electron chi connectivity index (χ1n) is 10.4. The second-order valence-electron chi connectivity index (χ2n) is 8.60. The van der Waals surface area contributed by atoms with Crippen LogP contribution >= 0.6 is 15.9 Å². The molecule has 1 aromatic carbocycles. The van der Waals surface area contributed by atoms with E-state index in [9.17, 15) is 14.7 Å². The van der Waals surface area contributed by atoms with Crippen molar-refractivity contribution in [1.29, 1.82) is 0 Å². The molecular formula is C23H28BrN3O5. The summed E-state index contributed by atoms with van der Waals surface area (Å²) in [6, 6.07) is 8.84. The molecule has 32 heavy (non-hydrogen) atoms. The van der Waals surface area contributed by atoms with Crippen LogP contribution in [0, 0.1) is 5.41 Å². The van der Waals surface area contributed by atoms with Gasteiger partial charge in [0.25, 0.3) is 5.91 Å². The Labute approximate surface area is 196 Å². The first kappa shape index (κ1) is 24.0. The van der Waals surface area contributed by atoms with E-state index in [0.29, 0.717) is 41.4 Å². The van der Waals surface area contributed by atoms with Gasteiger partial charge in [0.15, 0.2) is 0 Å². The predicted molar refractivity (Wildman–Crippen MR) is 124 cm³/mol. The highest BCUT2D eigenvalue weighted by Gasteiger charge is 2.49. The average Bonchev–Trinajstić information content (AvgIpc) is 2.75. The molecule has 1 atom stereocenters. The molecule has 1 aromatic heterocycles. The third-order valence-corrected chi connectivity index (χ3v) is 6.24. The molecule has 1 aliphatic heterocycles. The molecule has 0 radical (unpaired) electrons. The standard InChI is InChI=1S/C23H28BrN3O5/c1-5-31-19-9-6-15(13-25-19)20(28)26-18-8-7-16(12-17(18)24)23(22(2,3)4)14-27(21(29)30)10-11-32-23/h6-9,12-13H,5,10-11,14H2,1-4H3,(H,26,28)(H,29,30). The molecule has 9 heteroatoms. The summed E-state index contributed by atoms with van der Waals surface area (Å²) in [5.41, 5.74) is 0.627. The van der Waals surface area contributed by atoms with E-state index in [1.54, 1.807) is 18.2 Å². The van der Waals surface area contributed by atoms with Crippen molar-refractivity contribution in [3.63, 3.8) is 0 Å². The number of hydrogen-bond donors (Lipinski definition) is 2. The molecule has 172 valence electrons. The number of carbonyl (C=O) groups is 2. The van der Waals surface area contributed by atoms with Gasteiger partial charge in [-0.15, -0.1) is 0 Å². The lowest BCUT2D eigenvalue weighted by atomic mass is 9.71. The molecule has 0 saturated carbocycles. The molecule has 2 aromatic rings. The number of carboxylic acid groups (broad SMARTS) is 1. The topological polar surface area (TPSA) is 101 Å². The summed E-state index contributed by atoms with van der Waals surface area (Å²) < 4.78 is 12.2. The number of hydrogen-bond acceptors (Lipinski definition) is 5. The van der Waals surface area contributed by atoms with Gasteiger partial charge in [0.1, 0.15) is 5.60 Å². The van der Waals surface area contributed by atoms with Crippen LogP contribution in [0.4, 0.5) is 10.5 Å². The molecule has 1 saturated heterocycles. The fourth-order valence-corrected chi connectivity index (χ4v) is 4.24. The van der Waals surface area contributed by atoms with Crippen LogP contribution in [0.1, 0.15) is 43.6 Å². The zero-order valence-electron chi connectivity index (χ0n) is 18.6. The third kappa shape index (κ3) is 4.88. The summed E-state index contributed by atoms with van der Waals surface area (Å²) >= 11 is 3.55. The predicted octanol–water partition coefficient (Wildman–Crippen LogP) is 4.75. The molecule has 1 unspecified atom stereocenters. The summed E-state index contributed by atoms with van der Waals surface area (Å²) in [5, 5.41) is 12.4. The second-order valence-corrected chi connectivity index (χ2v) is 9.45. The number of nitrogens with zero attached hydrogens (tertiary/aromatic N) is 2. The number of amides is 2. The maximum Gasteiger partial charge on any atom is 0.407 e. The van der Waals surface area contributed by atoms with Crippen molar-refractivity contribution in [1.82, 2.24) is 9.88 Å². The van der Waals surface area contributed by atoms with Gasteiger partial charge >= 0.3 is 6.09 Å². The Bertz CT molecular complexity index is 990. The molecule has 2 N–H and O–H groups in total. The highest BCUT2D eigenvalue weighted by molar-refractivity contribution is 9.10. The molecule has 2 amide bonds. The van der Waals surface area contributed by atoms with Crippen LogP contribution in [-0.2, 0) is 10.3 Å². The zero-order chi connectivity index (χ0) is 23.5.